The van der Waals surface area contributed by atoms with E-state index in [0.717, 1.165) is 62.7 Å². The zero-order valence-electron chi connectivity index (χ0n) is 16.5. The smallest absolute Gasteiger partial charge is 0.191 e. The summed E-state index contributed by atoms with van der Waals surface area (Å²) < 4.78 is 11.3. The first-order valence-electron chi connectivity index (χ1n) is 9.56. The summed E-state index contributed by atoms with van der Waals surface area (Å²) in [4.78, 5) is 4.30. The van der Waals surface area contributed by atoms with E-state index >= 15 is 0 Å². The Hall–Kier alpha value is -1.06. The van der Waals surface area contributed by atoms with Crippen molar-refractivity contribution in [2.75, 3.05) is 40.0 Å². The van der Waals surface area contributed by atoms with E-state index in [-0.39, 0.29) is 36.0 Å². The lowest BCUT2D eigenvalue weighted by molar-refractivity contribution is 0.127. The van der Waals surface area contributed by atoms with Crippen LogP contribution < -0.4 is 15.4 Å². The summed E-state index contributed by atoms with van der Waals surface area (Å²) in [7, 11) is 1.77. The number of unbranched alkanes of at least 4 members (excludes halogenated alkanes) is 1. The molecule has 0 saturated carbocycles. The van der Waals surface area contributed by atoms with Crippen LogP contribution >= 0.6 is 24.0 Å². The molecule has 0 amide bonds. The van der Waals surface area contributed by atoms with Crippen molar-refractivity contribution in [2.24, 2.45) is 10.4 Å². The molecule has 1 atom stereocenters. The van der Waals surface area contributed by atoms with Gasteiger partial charge in [-0.2, -0.15) is 0 Å². The number of rotatable bonds is 10. The molecule has 154 valence electrons. The van der Waals surface area contributed by atoms with Crippen LogP contribution in [0, 0.1) is 5.41 Å². The van der Waals surface area contributed by atoms with Gasteiger partial charge in [0.15, 0.2) is 5.96 Å². The van der Waals surface area contributed by atoms with Crippen molar-refractivity contribution in [1.29, 1.82) is 0 Å². The van der Waals surface area contributed by atoms with E-state index in [9.17, 15) is 5.11 Å². The van der Waals surface area contributed by atoms with E-state index in [1.54, 1.807) is 7.05 Å². The number of ether oxygens (including phenoxy) is 2. The van der Waals surface area contributed by atoms with Gasteiger partial charge in [-0.3, -0.25) is 4.99 Å². The van der Waals surface area contributed by atoms with Gasteiger partial charge in [-0.15, -0.1) is 24.0 Å². The van der Waals surface area contributed by atoms with Gasteiger partial charge in [0.05, 0.1) is 13.2 Å². The fraction of sp³-hybridized carbons (Fsp3) is 0.650. The lowest BCUT2D eigenvalue weighted by Gasteiger charge is -2.27. The standard InChI is InChI=1S/C20H33N3O3.HI/c1-3-4-11-26-18-7-5-6-17(13-18)14-22-19(21-2)23-15-20(8-10-24)9-12-25-16-20;/h5-7,13,24H,3-4,8-12,14-16H2,1-2H3,(H2,21,22,23);1H. The van der Waals surface area contributed by atoms with Crippen molar-refractivity contribution >= 4 is 29.9 Å². The molecule has 2 rings (SSSR count). The number of nitrogens with zero attached hydrogens (tertiary/aromatic N) is 1. The Kier molecular flexibility index (Phi) is 11.7. The van der Waals surface area contributed by atoms with Gasteiger partial charge in [-0.05, 0) is 37.0 Å². The third kappa shape index (κ3) is 8.23. The molecule has 0 bridgehead atoms. The highest BCUT2D eigenvalue weighted by atomic mass is 127. The second kappa shape index (κ2) is 13.2. The maximum atomic E-state index is 9.33. The lowest BCUT2D eigenvalue weighted by atomic mass is 9.84. The highest BCUT2D eigenvalue weighted by Crippen LogP contribution is 2.31. The minimum Gasteiger partial charge on any atom is -0.494 e. The molecule has 0 radical (unpaired) electrons. The Bertz CT molecular complexity index is 563. The first kappa shape index (κ1) is 24.0. The zero-order valence-corrected chi connectivity index (χ0v) is 18.8. The van der Waals surface area contributed by atoms with E-state index in [1.807, 2.05) is 12.1 Å². The van der Waals surface area contributed by atoms with E-state index in [2.05, 4.69) is 34.7 Å². The van der Waals surface area contributed by atoms with Crippen LogP contribution in [-0.2, 0) is 11.3 Å². The van der Waals surface area contributed by atoms with Crippen molar-refractivity contribution in [3.05, 3.63) is 29.8 Å². The number of nitrogens with one attached hydrogen (secondary N) is 2. The molecule has 27 heavy (non-hydrogen) atoms. The molecule has 0 spiro atoms. The predicted octanol–water partition coefficient (Wildman–Crippen LogP) is 2.94. The normalized spacial score (nSPS) is 19.4. The Morgan fingerprint density at radius 2 is 2.22 bits per heavy atom. The molecule has 0 aliphatic carbocycles. The maximum Gasteiger partial charge on any atom is 0.191 e. The molecule has 7 heteroatoms. The Morgan fingerprint density at radius 1 is 1.37 bits per heavy atom. The number of benzene rings is 1. The highest BCUT2D eigenvalue weighted by molar-refractivity contribution is 14.0. The second-order valence-corrected chi connectivity index (χ2v) is 6.90. The van der Waals surface area contributed by atoms with E-state index in [1.165, 1.54) is 0 Å². The molecule has 1 aliphatic rings. The van der Waals surface area contributed by atoms with Crippen molar-refractivity contribution < 1.29 is 14.6 Å². The molecule has 0 aromatic heterocycles. The van der Waals surface area contributed by atoms with Crippen LogP contribution in [0.3, 0.4) is 0 Å². The Morgan fingerprint density at radius 3 is 2.89 bits per heavy atom. The van der Waals surface area contributed by atoms with Gasteiger partial charge in [0, 0.05) is 38.8 Å². The van der Waals surface area contributed by atoms with Crippen LogP contribution in [-0.4, -0.2) is 51.1 Å². The first-order valence-corrected chi connectivity index (χ1v) is 9.56. The monoisotopic (exact) mass is 491 g/mol. The maximum absolute atomic E-state index is 9.33. The fourth-order valence-corrected chi connectivity index (χ4v) is 3.07. The van der Waals surface area contributed by atoms with Crippen molar-refractivity contribution in [2.45, 2.75) is 39.2 Å². The fourth-order valence-electron chi connectivity index (χ4n) is 3.07. The van der Waals surface area contributed by atoms with Crippen molar-refractivity contribution in [1.82, 2.24) is 10.6 Å². The molecule has 1 saturated heterocycles. The van der Waals surface area contributed by atoms with E-state index < -0.39 is 0 Å². The van der Waals surface area contributed by atoms with E-state index in [4.69, 9.17) is 9.47 Å². The van der Waals surface area contributed by atoms with Gasteiger partial charge in [-0.1, -0.05) is 25.5 Å². The van der Waals surface area contributed by atoms with Crippen LogP contribution in [0.4, 0.5) is 0 Å². The van der Waals surface area contributed by atoms with Gasteiger partial charge in [0.1, 0.15) is 5.75 Å². The van der Waals surface area contributed by atoms with E-state index in [0.29, 0.717) is 13.2 Å². The molecule has 1 unspecified atom stereocenters. The molecular weight excluding hydrogens is 457 g/mol. The first-order chi connectivity index (χ1) is 12.7. The van der Waals surface area contributed by atoms with Gasteiger partial charge in [0.25, 0.3) is 0 Å². The average molecular weight is 491 g/mol. The summed E-state index contributed by atoms with van der Waals surface area (Å²) in [5, 5.41) is 16.1. The predicted molar refractivity (Wildman–Crippen MR) is 120 cm³/mol. The molecule has 1 aliphatic heterocycles. The summed E-state index contributed by atoms with van der Waals surface area (Å²) in [6.07, 6.45) is 3.91. The van der Waals surface area contributed by atoms with Gasteiger partial charge in [-0.25, -0.2) is 0 Å². The lowest BCUT2D eigenvalue weighted by Crippen LogP contribution is -2.44. The van der Waals surface area contributed by atoms with Crippen molar-refractivity contribution in [3.8, 4) is 5.75 Å². The number of aliphatic hydroxyl groups is 1. The zero-order chi connectivity index (χ0) is 18.7. The van der Waals surface area contributed by atoms with Crippen LogP contribution in [0.1, 0.15) is 38.2 Å². The topological polar surface area (TPSA) is 75.1 Å². The SMILES string of the molecule is CCCCOc1cccc(CNC(=NC)NCC2(CCO)CCOC2)c1.I. The molecule has 3 N–H and O–H groups in total. The minimum atomic E-state index is -0.000591. The third-order valence-electron chi connectivity index (χ3n) is 4.81. The molecular formula is C20H34IN3O3. The van der Waals surface area contributed by atoms with Gasteiger partial charge in [0.2, 0.25) is 0 Å². The Labute approximate surface area is 180 Å². The summed E-state index contributed by atoms with van der Waals surface area (Å²) in [6.45, 7) is 5.97. The molecule has 1 heterocycles. The van der Waals surface area contributed by atoms with Crippen LogP contribution in [0.15, 0.2) is 29.3 Å². The Balaban J connectivity index is 0.00000364. The average Bonchev–Trinajstić information content (AvgIpc) is 3.11. The number of halogens is 1. The third-order valence-corrected chi connectivity index (χ3v) is 4.81. The summed E-state index contributed by atoms with van der Waals surface area (Å²) in [5.74, 6) is 1.66. The number of aliphatic imine (C=N–C) groups is 1. The van der Waals surface area contributed by atoms with Crippen LogP contribution in [0.5, 0.6) is 5.75 Å². The molecule has 6 nitrogen and oxygen atoms in total. The van der Waals surface area contributed by atoms with Crippen LogP contribution in [0.2, 0.25) is 0 Å². The molecule has 1 aromatic rings. The van der Waals surface area contributed by atoms with Crippen molar-refractivity contribution in [3.63, 3.8) is 0 Å². The minimum absolute atomic E-state index is 0. The number of hydrogen-bond acceptors (Lipinski definition) is 4. The molecule has 1 fully saturated rings. The number of hydrogen-bond donors (Lipinski definition) is 3. The summed E-state index contributed by atoms with van der Waals surface area (Å²) in [5.41, 5.74) is 1.15. The largest absolute Gasteiger partial charge is 0.494 e. The number of guanidine groups is 1. The van der Waals surface area contributed by atoms with Gasteiger partial charge >= 0.3 is 0 Å². The molecule has 1 aromatic carbocycles. The summed E-state index contributed by atoms with van der Waals surface area (Å²) in [6, 6.07) is 8.14. The van der Waals surface area contributed by atoms with Gasteiger partial charge < -0.3 is 25.2 Å². The van der Waals surface area contributed by atoms with Crippen LogP contribution in [0.25, 0.3) is 0 Å². The summed E-state index contributed by atoms with van der Waals surface area (Å²) >= 11 is 0. The number of aliphatic hydroxyl groups excluding tert-OH is 1. The highest BCUT2D eigenvalue weighted by Gasteiger charge is 2.34. The second-order valence-electron chi connectivity index (χ2n) is 6.90. The quantitative estimate of drug-likeness (QED) is 0.203.